The average Bonchev–Trinajstić information content (AvgIpc) is 2.39. The summed E-state index contributed by atoms with van der Waals surface area (Å²) < 4.78 is 10.9. The van der Waals surface area contributed by atoms with Crippen molar-refractivity contribution in [2.24, 2.45) is 0 Å². The lowest BCUT2D eigenvalue weighted by Gasteiger charge is -2.05. The SMILES string of the molecule is CNCCOCCCCCOCCCCCC=O. The second-order valence-corrected chi connectivity index (χ2v) is 4.40. The Kier molecular flexibility index (Phi) is 16.1. The second kappa shape index (κ2) is 16.6. The molecule has 0 aromatic rings. The molecule has 0 fully saturated rings. The molecule has 0 atom stereocenters. The van der Waals surface area contributed by atoms with Crippen molar-refractivity contribution in [3.8, 4) is 0 Å². The number of likely N-dealkylation sites (N-methyl/N-ethyl adjacent to an activating group) is 1. The number of hydrogen-bond donors (Lipinski definition) is 1. The summed E-state index contributed by atoms with van der Waals surface area (Å²) in [5.41, 5.74) is 0. The zero-order valence-electron chi connectivity index (χ0n) is 11.8. The molecule has 0 aromatic heterocycles. The van der Waals surface area contributed by atoms with Crippen molar-refractivity contribution >= 4 is 6.29 Å². The minimum Gasteiger partial charge on any atom is -0.381 e. The summed E-state index contributed by atoms with van der Waals surface area (Å²) in [4.78, 5) is 10.1. The maximum Gasteiger partial charge on any atom is 0.119 e. The highest BCUT2D eigenvalue weighted by atomic mass is 16.5. The number of ether oxygens (including phenoxy) is 2. The first kappa shape index (κ1) is 17.6. The number of hydrogen-bond acceptors (Lipinski definition) is 4. The zero-order valence-corrected chi connectivity index (χ0v) is 11.8. The van der Waals surface area contributed by atoms with Crippen LogP contribution in [0.4, 0.5) is 0 Å². The Balaban J connectivity index is 2.88. The summed E-state index contributed by atoms with van der Waals surface area (Å²) in [5, 5.41) is 3.05. The van der Waals surface area contributed by atoms with Gasteiger partial charge in [0.2, 0.25) is 0 Å². The van der Waals surface area contributed by atoms with Gasteiger partial charge in [-0.2, -0.15) is 0 Å². The number of carbonyl (C=O) groups is 1. The van der Waals surface area contributed by atoms with Crippen molar-refractivity contribution in [1.82, 2.24) is 5.32 Å². The van der Waals surface area contributed by atoms with Gasteiger partial charge in [-0.1, -0.05) is 6.42 Å². The summed E-state index contributed by atoms with van der Waals surface area (Å²) in [6, 6.07) is 0. The van der Waals surface area contributed by atoms with Crippen LogP contribution in [0, 0.1) is 0 Å². The van der Waals surface area contributed by atoms with Crippen LogP contribution in [0.3, 0.4) is 0 Å². The van der Waals surface area contributed by atoms with Gasteiger partial charge in [0.05, 0.1) is 6.61 Å². The molecular formula is C14H29NO3. The van der Waals surface area contributed by atoms with Gasteiger partial charge < -0.3 is 19.6 Å². The van der Waals surface area contributed by atoms with E-state index >= 15 is 0 Å². The number of nitrogens with one attached hydrogen (secondary N) is 1. The van der Waals surface area contributed by atoms with Crippen molar-refractivity contribution < 1.29 is 14.3 Å². The maximum atomic E-state index is 10.1. The van der Waals surface area contributed by atoms with Crippen molar-refractivity contribution in [1.29, 1.82) is 0 Å². The molecule has 4 nitrogen and oxygen atoms in total. The molecule has 1 N–H and O–H groups in total. The summed E-state index contributed by atoms with van der Waals surface area (Å²) in [7, 11) is 1.93. The highest BCUT2D eigenvalue weighted by Crippen LogP contribution is 2.00. The highest BCUT2D eigenvalue weighted by molar-refractivity contribution is 5.48. The van der Waals surface area contributed by atoms with Gasteiger partial charge in [-0.3, -0.25) is 0 Å². The maximum absolute atomic E-state index is 10.1. The Bertz CT molecular complexity index is 165. The third-order valence-corrected chi connectivity index (χ3v) is 2.68. The molecule has 108 valence electrons. The molecule has 0 saturated carbocycles. The molecule has 0 aliphatic carbocycles. The summed E-state index contributed by atoms with van der Waals surface area (Å²) in [6.07, 6.45) is 8.24. The van der Waals surface area contributed by atoms with Crippen LogP contribution in [-0.4, -0.2) is 46.3 Å². The topological polar surface area (TPSA) is 47.6 Å². The molecule has 0 unspecified atom stereocenters. The molecule has 0 radical (unpaired) electrons. The first-order valence-corrected chi connectivity index (χ1v) is 7.15. The Morgan fingerprint density at radius 3 is 1.94 bits per heavy atom. The van der Waals surface area contributed by atoms with Crippen LogP contribution in [0.5, 0.6) is 0 Å². The molecule has 0 rings (SSSR count). The van der Waals surface area contributed by atoms with E-state index in [0.717, 1.165) is 71.4 Å². The molecule has 0 aliphatic rings. The molecule has 18 heavy (non-hydrogen) atoms. The number of aldehydes is 1. The van der Waals surface area contributed by atoms with E-state index in [1.807, 2.05) is 7.05 Å². The van der Waals surface area contributed by atoms with Crippen molar-refractivity contribution in [3.05, 3.63) is 0 Å². The minimum atomic E-state index is 0.688. The first-order chi connectivity index (χ1) is 8.91. The van der Waals surface area contributed by atoms with Gasteiger partial charge in [0.15, 0.2) is 0 Å². The van der Waals surface area contributed by atoms with Gasteiger partial charge in [0, 0.05) is 32.8 Å². The summed E-state index contributed by atoms with van der Waals surface area (Å²) in [5.74, 6) is 0. The van der Waals surface area contributed by atoms with Crippen LogP contribution >= 0.6 is 0 Å². The van der Waals surface area contributed by atoms with Crippen LogP contribution in [-0.2, 0) is 14.3 Å². The Morgan fingerprint density at radius 2 is 1.39 bits per heavy atom. The number of carbonyl (C=O) groups excluding carboxylic acids is 1. The van der Waals surface area contributed by atoms with E-state index in [-0.39, 0.29) is 0 Å². The lowest BCUT2D eigenvalue weighted by atomic mass is 10.2. The average molecular weight is 259 g/mol. The monoisotopic (exact) mass is 259 g/mol. The van der Waals surface area contributed by atoms with Gasteiger partial charge in [-0.15, -0.1) is 0 Å². The third kappa shape index (κ3) is 15.6. The van der Waals surface area contributed by atoms with Gasteiger partial charge in [0.1, 0.15) is 6.29 Å². The summed E-state index contributed by atoms with van der Waals surface area (Å²) >= 11 is 0. The van der Waals surface area contributed by atoms with Crippen LogP contribution in [0.2, 0.25) is 0 Å². The fourth-order valence-corrected chi connectivity index (χ4v) is 1.57. The summed E-state index contributed by atoms with van der Waals surface area (Å²) in [6.45, 7) is 4.26. The van der Waals surface area contributed by atoms with E-state index in [2.05, 4.69) is 5.32 Å². The predicted molar refractivity (Wildman–Crippen MR) is 73.9 cm³/mol. The Hall–Kier alpha value is -0.450. The molecule has 0 heterocycles. The lowest BCUT2D eigenvalue weighted by molar-refractivity contribution is -0.107. The quantitative estimate of drug-likeness (QED) is 0.362. The highest BCUT2D eigenvalue weighted by Gasteiger charge is 1.93. The zero-order chi connectivity index (χ0) is 13.3. The van der Waals surface area contributed by atoms with Gasteiger partial charge in [0.25, 0.3) is 0 Å². The Labute approximate surface area is 111 Å². The van der Waals surface area contributed by atoms with Crippen LogP contribution in [0.15, 0.2) is 0 Å². The van der Waals surface area contributed by atoms with Crippen molar-refractivity contribution in [2.45, 2.75) is 44.9 Å². The predicted octanol–water partition coefficient (Wildman–Crippen LogP) is 2.17. The fourth-order valence-electron chi connectivity index (χ4n) is 1.57. The van der Waals surface area contributed by atoms with Crippen molar-refractivity contribution in [2.75, 3.05) is 40.0 Å². The van der Waals surface area contributed by atoms with Gasteiger partial charge in [-0.25, -0.2) is 0 Å². The molecule has 0 aliphatic heterocycles. The smallest absolute Gasteiger partial charge is 0.119 e. The van der Waals surface area contributed by atoms with Crippen molar-refractivity contribution in [3.63, 3.8) is 0 Å². The second-order valence-electron chi connectivity index (χ2n) is 4.40. The largest absolute Gasteiger partial charge is 0.381 e. The number of rotatable bonds is 15. The van der Waals surface area contributed by atoms with Crippen LogP contribution < -0.4 is 5.32 Å². The van der Waals surface area contributed by atoms with Crippen LogP contribution in [0.1, 0.15) is 44.9 Å². The van der Waals surface area contributed by atoms with E-state index in [0.29, 0.717) is 6.42 Å². The van der Waals surface area contributed by atoms with E-state index in [1.54, 1.807) is 0 Å². The molecule has 0 aromatic carbocycles. The standard InChI is InChI=1S/C14H29NO3/c1-15-9-14-18-13-8-4-7-12-17-11-6-3-2-5-10-16/h10,15H,2-9,11-14H2,1H3. The molecule has 4 heteroatoms. The van der Waals surface area contributed by atoms with E-state index in [1.165, 1.54) is 6.42 Å². The van der Waals surface area contributed by atoms with E-state index in [4.69, 9.17) is 9.47 Å². The van der Waals surface area contributed by atoms with E-state index < -0.39 is 0 Å². The molecule has 0 amide bonds. The number of unbranched alkanes of at least 4 members (excludes halogenated alkanes) is 5. The van der Waals surface area contributed by atoms with Crippen LogP contribution in [0.25, 0.3) is 0 Å². The molecule has 0 bridgehead atoms. The molecule has 0 spiro atoms. The lowest BCUT2D eigenvalue weighted by Crippen LogP contribution is -2.14. The fraction of sp³-hybridized carbons (Fsp3) is 0.929. The first-order valence-electron chi connectivity index (χ1n) is 7.15. The molecule has 0 saturated heterocycles. The Morgan fingerprint density at radius 1 is 0.833 bits per heavy atom. The van der Waals surface area contributed by atoms with Gasteiger partial charge >= 0.3 is 0 Å². The third-order valence-electron chi connectivity index (χ3n) is 2.68. The minimum absolute atomic E-state index is 0.688. The van der Waals surface area contributed by atoms with E-state index in [9.17, 15) is 4.79 Å². The normalized spacial score (nSPS) is 10.7. The van der Waals surface area contributed by atoms with Gasteiger partial charge in [-0.05, 0) is 39.2 Å². The molecular weight excluding hydrogens is 230 g/mol.